The van der Waals surface area contributed by atoms with E-state index >= 15 is 0 Å². The van der Waals surface area contributed by atoms with Crippen molar-refractivity contribution in [2.45, 2.75) is 52.0 Å². The maximum Gasteiger partial charge on any atom is 0.0285 e. The van der Waals surface area contributed by atoms with Gasteiger partial charge in [0.15, 0.2) is 0 Å². The van der Waals surface area contributed by atoms with Gasteiger partial charge in [0.2, 0.25) is 0 Å². The molecule has 0 bridgehead atoms. The van der Waals surface area contributed by atoms with Crippen molar-refractivity contribution in [1.82, 2.24) is 9.80 Å². The van der Waals surface area contributed by atoms with Gasteiger partial charge in [-0.15, -0.1) is 0 Å². The summed E-state index contributed by atoms with van der Waals surface area (Å²) < 4.78 is 0. The van der Waals surface area contributed by atoms with Crippen molar-refractivity contribution >= 4 is 0 Å². The second-order valence-corrected chi connectivity index (χ2v) is 7.50. The van der Waals surface area contributed by atoms with Crippen LogP contribution in [-0.2, 0) is 0 Å². The third kappa shape index (κ3) is 6.73. The molecule has 0 saturated heterocycles. The van der Waals surface area contributed by atoms with E-state index in [4.69, 9.17) is 5.73 Å². The Labute approximate surface area is 120 Å². The van der Waals surface area contributed by atoms with E-state index in [1.54, 1.807) is 0 Å². The van der Waals surface area contributed by atoms with Gasteiger partial charge in [0, 0.05) is 31.7 Å². The van der Waals surface area contributed by atoms with E-state index in [0.717, 1.165) is 25.6 Å². The molecule has 0 amide bonds. The van der Waals surface area contributed by atoms with Crippen LogP contribution in [0.1, 0.15) is 46.5 Å². The molecule has 0 heterocycles. The first-order valence-electron chi connectivity index (χ1n) is 7.97. The molecule has 1 aliphatic rings. The Bertz CT molecular complexity index is 252. The molecule has 0 aromatic rings. The van der Waals surface area contributed by atoms with Gasteiger partial charge in [0.25, 0.3) is 0 Å². The number of hydrogen-bond donors (Lipinski definition) is 1. The molecule has 3 heteroatoms. The fourth-order valence-electron chi connectivity index (χ4n) is 3.38. The van der Waals surface area contributed by atoms with Crippen LogP contribution in [0.15, 0.2) is 0 Å². The van der Waals surface area contributed by atoms with Crippen molar-refractivity contribution in [3.63, 3.8) is 0 Å². The van der Waals surface area contributed by atoms with Gasteiger partial charge in [0.05, 0.1) is 0 Å². The number of likely N-dealkylation sites (N-methyl/N-ethyl adjacent to an activating group) is 1. The van der Waals surface area contributed by atoms with Crippen LogP contribution >= 0.6 is 0 Å². The second kappa shape index (κ2) is 7.61. The first-order valence-corrected chi connectivity index (χ1v) is 7.97. The fourth-order valence-corrected chi connectivity index (χ4v) is 3.38. The Hall–Kier alpha value is -0.120. The molecule has 1 fully saturated rings. The molecule has 2 unspecified atom stereocenters. The van der Waals surface area contributed by atoms with E-state index in [1.165, 1.54) is 32.2 Å². The maximum atomic E-state index is 6.68. The Morgan fingerprint density at radius 1 is 1.26 bits per heavy atom. The van der Waals surface area contributed by atoms with Crippen LogP contribution in [0.3, 0.4) is 0 Å². The minimum Gasteiger partial charge on any atom is -0.324 e. The molecule has 19 heavy (non-hydrogen) atoms. The van der Waals surface area contributed by atoms with E-state index in [9.17, 15) is 0 Å². The summed E-state index contributed by atoms with van der Waals surface area (Å²) in [6, 6.07) is 0. The molecular weight excluding hydrogens is 234 g/mol. The molecule has 3 nitrogen and oxygen atoms in total. The van der Waals surface area contributed by atoms with E-state index in [-0.39, 0.29) is 5.54 Å². The Morgan fingerprint density at radius 3 is 2.47 bits per heavy atom. The molecule has 1 rings (SSSR count). The van der Waals surface area contributed by atoms with Crippen LogP contribution in [0.25, 0.3) is 0 Å². The van der Waals surface area contributed by atoms with Crippen LogP contribution in [0.2, 0.25) is 0 Å². The Kier molecular flexibility index (Phi) is 6.78. The number of nitrogens with zero attached hydrogens (tertiary/aromatic N) is 2. The zero-order valence-corrected chi connectivity index (χ0v) is 13.8. The predicted octanol–water partition coefficient (Wildman–Crippen LogP) is 2.41. The van der Waals surface area contributed by atoms with E-state index in [0.29, 0.717) is 5.92 Å². The second-order valence-electron chi connectivity index (χ2n) is 7.50. The topological polar surface area (TPSA) is 32.5 Å². The van der Waals surface area contributed by atoms with Crippen molar-refractivity contribution in [2.75, 3.05) is 40.3 Å². The summed E-state index contributed by atoms with van der Waals surface area (Å²) in [6.45, 7) is 11.5. The molecule has 0 aliphatic heterocycles. The average molecular weight is 269 g/mol. The molecule has 1 aliphatic carbocycles. The smallest absolute Gasteiger partial charge is 0.0285 e. The third-order valence-corrected chi connectivity index (χ3v) is 4.15. The number of rotatable bonds is 7. The lowest BCUT2D eigenvalue weighted by molar-refractivity contribution is 0.132. The highest BCUT2D eigenvalue weighted by atomic mass is 15.2. The summed E-state index contributed by atoms with van der Waals surface area (Å²) >= 11 is 0. The number of nitrogens with two attached hydrogens (primary N) is 1. The minimum absolute atomic E-state index is 0.0544. The zero-order chi connectivity index (χ0) is 14.5. The van der Waals surface area contributed by atoms with Crippen molar-refractivity contribution in [3.05, 3.63) is 0 Å². The summed E-state index contributed by atoms with van der Waals surface area (Å²) in [7, 11) is 4.29. The molecule has 1 saturated carbocycles. The van der Waals surface area contributed by atoms with Gasteiger partial charge in [-0.3, -0.25) is 4.90 Å². The van der Waals surface area contributed by atoms with Crippen molar-refractivity contribution in [1.29, 1.82) is 0 Å². The lowest BCUT2D eigenvalue weighted by atomic mass is 9.76. The van der Waals surface area contributed by atoms with Gasteiger partial charge in [-0.2, -0.15) is 0 Å². The van der Waals surface area contributed by atoms with Crippen molar-refractivity contribution in [3.8, 4) is 0 Å². The molecule has 0 radical (unpaired) electrons. The highest BCUT2D eigenvalue weighted by molar-refractivity contribution is 4.92. The van der Waals surface area contributed by atoms with Gasteiger partial charge in [-0.25, -0.2) is 0 Å². The average Bonchev–Trinajstić information content (AvgIpc) is 2.24. The van der Waals surface area contributed by atoms with Gasteiger partial charge in [-0.1, -0.05) is 33.6 Å². The highest BCUT2D eigenvalue weighted by Gasteiger charge is 2.32. The molecule has 2 atom stereocenters. The lowest BCUT2D eigenvalue weighted by Gasteiger charge is -2.41. The SMILES string of the molecule is CC(C)CN(CCN(C)C)CC1(N)CCCC(C)C1. The number of hydrogen-bond acceptors (Lipinski definition) is 3. The van der Waals surface area contributed by atoms with Gasteiger partial charge in [0.1, 0.15) is 0 Å². The van der Waals surface area contributed by atoms with Crippen LogP contribution in [-0.4, -0.2) is 55.6 Å². The Morgan fingerprint density at radius 2 is 1.95 bits per heavy atom. The highest BCUT2D eigenvalue weighted by Crippen LogP contribution is 2.31. The molecule has 0 spiro atoms. The maximum absolute atomic E-state index is 6.68. The first kappa shape index (κ1) is 16.9. The van der Waals surface area contributed by atoms with Crippen LogP contribution in [0, 0.1) is 11.8 Å². The summed E-state index contributed by atoms with van der Waals surface area (Å²) in [5.41, 5.74) is 6.73. The summed E-state index contributed by atoms with van der Waals surface area (Å²) in [5.74, 6) is 1.51. The van der Waals surface area contributed by atoms with Crippen LogP contribution in [0.5, 0.6) is 0 Å². The summed E-state index contributed by atoms with van der Waals surface area (Å²) in [6.07, 6.45) is 5.07. The van der Waals surface area contributed by atoms with Crippen molar-refractivity contribution in [2.24, 2.45) is 17.6 Å². The van der Waals surface area contributed by atoms with Gasteiger partial charge in [-0.05, 0) is 38.8 Å². The van der Waals surface area contributed by atoms with Crippen LogP contribution < -0.4 is 5.73 Å². The standard InChI is InChI=1S/C16H35N3/c1-14(2)12-19(10-9-18(4)5)13-16(17)8-6-7-15(3)11-16/h14-15H,6-13,17H2,1-5H3. The first-order chi connectivity index (χ1) is 8.81. The Balaban J connectivity index is 2.53. The monoisotopic (exact) mass is 269 g/mol. The quantitative estimate of drug-likeness (QED) is 0.770. The minimum atomic E-state index is 0.0544. The third-order valence-electron chi connectivity index (χ3n) is 4.15. The van der Waals surface area contributed by atoms with Crippen LogP contribution in [0.4, 0.5) is 0 Å². The lowest BCUT2D eigenvalue weighted by Crippen LogP contribution is -2.54. The predicted molar refractivity (Wildman–Crippen MR) is 84.4 cm³/mol. The molecule has 0 aromatic carbocycles. The van der Waals surface area contributed by atoms with Crippen molar-refractivity contribution < 1.29 is 0 Å². The fraction of sp³-hybridized carbons (Fsp3) is 1.00. The molecule has 114 valence electrons. The normalized spacial score (nSPS) is 28.6. The van der Waals surface area contributed by atoms with Gasteiger partial charge >= 0.3 is 0 Å². The van der Waals surface area contributed by atoms with E-state index < -0.39 is 0 Å². The van der Waals surface area contributed by atoms with Gasteiger partial charge < -0.3 is 10.6 Å². The molecule has 0 aromatic heterocycles. The largest absolute Gasteiger partial charge is 0.324 e. The summed E-state index contributed by atoms with van der Waals surface area (Å²) in [5, 5.41) is 0. The van der Waals surface area contributed by atoms with E-state index in [1.807, 2.05) is 0 Å². The zero-order valence-electron chi connectivity index (χ0n) is 13.8. The summed E-state index contributed by atoms with van der Waals surface area (Å²) in [4.78, 5) is 4.85. The van der Waals surface area contributed by atoms with E-state index in [2.05, 4.69) is 44.7 Å². The molecular formula is C16H35N3. The molecule has 2 N–H and O–H groups in total.